The maximum Gasteiger partial charge on any atom is 0.0909 e. The number of fused-ring (bicyclic) bond motifs is 1. The first kappa shape index (κ1) is 6.40. The fourth-order valence-corrected chi connectivity index (χ4v) is 1.41. The van der Waals surface area contributed by atoms with E-state index in [2.05, 4.69) is 28.7 Å². The van der Waals surface area contributed by atoms with Gasteiger partial charge in [-0.1, -0.05) is 0 Å². The standard InChI is InChI=1S/C9H10N2/c1-7-6-11(2)8-4-3-5-10-9(7)8/h3-6H,1-2H3. The topological polar surface area (TPSA) is 17.8 Å². The molecule has 2 heteroatoms. The van der Waals surface area contributed by atoms with Crippen LogP contribution in [0, 0.1) is 6.92 Å². The molecule has 0 unspecified atom stereocenters. The van der Waals surface area contributed by atoms with Gasteiger partial charge in [0.05, 0.1) is 11.0 Å². The summed E-state index contributed by atoms with van der Waals surface area (Å²) in [4.78, 5) is 4.28. The van der Waals surface area contributed by atoms with Gasteiger partial charge in [0, 0.05) is 19.4 Å². The third-order valence-corrected chi connectivity index (χ3v) is 1.93. The Balaban J connectivity index is 2.95. The van der Waals surface area contributed by atoms with Crippen molar-refractivity contribution in [1.82, 2.24) is 9.55 Å². The van der Waals surface area contributed by atoms with E-state index in [0.29, 0.717) is 0 Å². The zero-order valence-corrected chi connectivity index (χ0v) is 6.70. The average molecular weight is 146 g/mol. The van der Waals surface area contributed by atoms with Gasteiger partial charge >= 0.3 is 0 Å². The highest BCUT2D eigenvalue weighted by atomic mass is 14.9. The Labute approximate surface area is 65.5 Å². The second-order valence-electron chi connectivity index (χ2n) is 2.79. The van der Waals surface area contributed by atoms with E-state index in [0.717, 1.165) is 5.52 Å². The van der Waals surface area contributed by atoms with E-state index in [1.807, 2.05) is 19.3 Å². The molecule has 0 atom stereocenters. The van der Waals surface area contributed by atoms with Crippen LogP contribution in [0.4, 0.5) is 0 Å². The molecule has 0 amide bonds. The Morgan fingerprint density at radius 2 is 2.27 bits per heavy atom. The number of aryl methyl sites for hydroxylation is 2. The molecular weight excluding hydrogens is 136 g/mol. The Morgan fingerprint density at radius 1 is 1.45 bits per heavy atom. The van der Waals surface area contributed by atoms with Crippen LogP contribution in [0.5, 0.6) is 0 Å². The molecule has 0 saturated heterocycles. The highest BCUT2D eigenvalue weighted by molar-refractivity contribution is 5.78. The van der Waals surface area contributed by atoms with Crippen LogP contribution in [0.25, 0.3) is 11.0 Å². The van der Waals surface area contributed by atoms with Gasteiger partial charge in [0.25, 0.3) is 0 Å². The van der Waals surface area contributed by atoms with E-state index in [9.17, 15) is 0 Å². The SMILES string of the molecule is Cc1cn(C)c2cccnc12. The monoisotopic (exact) mass is 146 g/mol. The van der Waals surface area contributed by atoms with Crippen LogP contribution in [-0.4, -0.2) is 9.55 Å². The lowest BCUT2D eigenvalue weighted by molar-refractivity contribution is 0.963. The van der Waals surface area contributed by atoms with Gasteiger partial charge in [-0.15, -0.1) is 0 Å². The molecule has 0 saturated carbocycles. The minimum absolute atomic E-state index is 1.11. The zero-order chi connectivity index (χ0) is 7.84. The molecule has 2 rings (SSSR count). The maximum absolute atomic E-state index is 4.28. The van der Waals surface area contributed by atoms with Crippen LogP contribution in [0.2, 0.25) is 0 Å². The van der Waals surface area contributed by atoms with Gasteiger partial charge in [-0.25, -0.2) is 0 Å². The molecule has 0 N–H and O–H groups in total. The van der Waals surface area contributed by atoms with Crippen molar-refractivity contribution >= 4 is 11.0 Å². The van der Waals surface area contributed by atoms with Crippen molar-refractivity contribution in [2.45, 2.75) is 6.92 Å². The first-order valence-corrected chi connectivity index (χ1v) is 3.65. The molecule has 0 aromatic carbocycles. The number of rotatable bonds is 0. The van der Waals surface area contributed by atoms with Crippen molar-refractivity contribution in [3.05, 3.63) is 30.1 Å². The molecule has 0 spiro atoms. The summed E-state index contributed by atoms with van der Waals surface area (Å²) >= 11 is 0. The first-order chi connectivity index (χ1) is 5.29. The molecule has 0 fully saturated rings. The predicted octanol–water partition coefficient (Wildman–Crippen LogP) is 1.88. The van der Waals surface area contributed by atoms with E-state index < -0.39 is 0 Å². The Kier molecular flexibility index (Phi) is 1.22. The summed E-state index contributed by atoms with van der Waals surface area (Å²) in [5.41, 5.74) is 3.54. The van der Waals surface area contributed by atoms with E-state index in [-0.39, 0.29) is 0 Å². The van der Waals surface area contributed by atoms with Crippen molar-refractivity contribution < 1.29 is 0 Å². The zero-order valence-electron chi connectivity index (χ0n) is 6.70. The van der Waals surface area contributed by atoms with Crippen molar-refractivity contribution in [3.8, 4) is 0 Å². The summed E-state index contributed by atoms with van der Waals surface area (Å²) in [5, 5.41) is 0. The second kappa shape index (κ2) is 2.09. The molecule has 2 heterocycles. The third kappa shape index (κ3) is 0.827. The lowest BCUT2D eigenvalue weighted by atomic mass is 10.3. The lowest BCUT2D eigenvalue weighted by Gasteiger charge is -1.91. The lowest BCUT2D eigenvalue weighted by Crippen LogP contribution is -1.82. The van der Waals surface area contributed by atoms with Gasteiger partial charge in [0.15, 0.2) is 0 Å². The third-order valence-electron chi connectivity index (χ3n) is 1.93. The smallest absolute Gasteiger partial charge is 0.0909 e. The van der Waals surface area contributed by atoms with Crippen molar-refractivity contribution in [1.29, 1.82) is 0 Å². The number of pyridine rings is 1. The molecule has 56 valence electrons. The van der Waals surface area contributed by atoms with E-state index >= 15 is 0 Å². The molecule has 0 aliphatic carbocycles. The van der Waals surface area contributed by atoms with Gasteiger partial charge in [0.1, 0.15) is 0 Å². The molecule has 11 heavy (non-hydrogen) atoms. The van der Waals surface area contributed by atoms with Crippen LogP contribution >= 0.6 is 0 Å². The molecule has 0 aliphatic rings. The molecule has 2 nitrogen and oxygen atoms in total. The van der Waals surface area contributed by atoms with Gasteiger partial charge in [-0.3, -0.25) is 4.98 Å². The summed E-state index contributed by atoms with van der Waals surface area (Å²) in [6.07, 6.45) is 3.92. The summed E-state index contributed by atoms with van der Waals surface area (Å²) in [5.74, 6) is 0. The second-order valence-corrected chi connectivity index (χ2v) is 2.79. The fourth-order valence-electron chi connectivity index (χ4n) is 1.41. The Hall–Kier alpha value is -1.31. The van der Waals surface area contributed by atoms with Gasteiger partial charge in [-0.05, 0) is 24.6 Å². The average Bonchev–Trinajstić information content (AvgIpc) is 2.30. The largest absolute Gasteiger partial charge is 0.349 e. The Bertz CT molecular complexity index is 351. The van der Waals surface area contributed by atoms with E-state index in [4.69, 9.17) is 0 Å². The molecule has 0 aliphatic heterocycles. The molecule has 2 aromatic heterocycles. The summed E-state index contributed by atoms with van der Waals surface area (Å²) in [6.45, 7) is 2.08. The van der Waals surface area contributed by atoms with Gasteiger partial charge in [-0.2, -0.15) is 0 Å². The minimum Gasteiger partial charge on any atom is -0.349 e. The van der Waals surface area contributed by atoms with Crippen molar-refractivity contribution in [2.75, 3.05) is 0 Å². The quantitative estimate of drug-likeness (QED) is 0.555. The number of nitrogens with zero attached hydrogens (tertiary/aromatic N) is 2. The van der Waals surface area contributed by atoms with Crippen LogP contribution in [0.1, 0.15) is 5.56 Å². The highest BCUT2D eigenvalue weighted by Gasteiger charge is 2.00. The van der Waals surface area contributed by atoms with Crippen molar-refractivity contribution in [3.63, 3.8) is 0 Å². The fraction of sp³-hybridized carbons (Fsp3) is 0.222. The van der Waals surface area contributed by atoms with Crippen LogP contribution in [-0.2, 0) is 7.05 Å². The maximum atomic E-state index is 4.28. The summed E-state index contributed by atoms with van der Waals surface area (Å²) < 4.78 is 2.09. The van der Waals surface area contributed by atoms with Gasteiger partial charge < -0.3 is 4.57 Å². The van der Waals surface area contributed by atoms with Gasteiger partial charge in [0.2, 0.25) is 0 Å². The normalized spacial score (nSPS) is 10.7. The number of hydrogen-bond acceptors (Lipinski definition) is 1. The molecular formula is C9H10N2. The Morgan fingerprint density at radius 3 is 3.00 bits per heavy atom. The first-order valence-electron chi connectivity index (χ1n) is 3.65. The molecule has 0 radical (unpaired) electrons. The van der Waals surface area contributed by atoms with E-state index in [1.54, 1.807) is 0 Å². The molecule has 2 aromatic rings. The summed E-state index contributed by atoms with van der Waals surface area (Å²) in [6, 6.07) is 4.04. The number of aromatic nitrogens is 2. The van der Waals surface area contributed by atoms with Crippen LogP contribution in [0.15, 0.2) is 24.5 Å². The highest BCUT2D eigenvalue weighted by Crippen LogP contribution is 2.15. The molecule has 0 bridgehead atoms. The number of hydrogen-bond donors (Lipinski definition) is 0. The van der Waals surface area contributed by atoms with Crippen molar-refractivity contribution in [2.24, 2.45) is 7.05 Å². The van der Waals surface area contributed by atoms with Crippen LogP contribution in [0.3, 0.4) is 0 Å². The van der Waals surface area contributed by atoms with Crippen LogP contribution < -0.4 is 0 Å². The van der Waals surface area contributed by atoms with E-state index in [1.165, 1.54) is 11.1 Å². The predicted molar refractivity (Wildman–Crippen MR) is 45.5 cm³/mol. The summed E-state index contributed by atoms with van der Waals surface area (Å²) in [7, 11) is 2.04. The minimum atomic E-state index is 1.11.